The van der Waals surface area contributed by atoms with Crippen molar-refractivity contribution in [3.05, 3.63) is 76.1 Å². The lowest BCUT2D eigenvalue weighted by Gasteiger charge is -2.37. The van der Waals surface area contributed by atoms with E-state index in [-0.39, 0.29) is 49.3 Å². The maximum absolute atomic E-state index is 13.6. The van der Waals surface area contributed by atoms with Crippen LogP contribution in [-0.2, 0) is 22.6 Å². The third-order valence-electron chi connectivity index (χ3n) is 6.11. The third-order valence-corrected chi connectivity index (χ3v) is 7.11. The fraction of sp³-hybridized carbons (Fsp3) is 0.360. The van der Waals surface area contributed by atoms with Gasteiger partial charge in [-0.3, -0.25) is 9.59 Å². The van der Waals surface area contributed by atoms with Crippen LogP contribution in [0.1, 0.15) is 35.1 Å². The number of halogens is 1. The molecule has 0 unspecified atom stereocenters. The van der Waals surface area contributed by atoms with E-state index in [1.807, 2.05) is 17.5 Å². The standard InChI is InChI=1S/C25H25FN2O4S/c26-18-3-1-4-19(13-18)32-16-22-21-9-12-33-23(21)8-10-28(22)24(29)15-27(25(30)17-6-7-17)14-20-5-2-11-31-20/h1-5,9,11-13,17,22H,6-8,10,14-16H2/t22-/m0/s1. The van der Waals surface area contributed by atoms with Gasteiger partial charge >= 0.3 is 0 Å². The van der Waals surface area contributed by atoms with Crippen LogP contribution in [0.4, 0.5) is 4.39 Å². The molecule has 2 aromatic heterocycles. The molecule has 0 saturated heterocycles. The van der Waals surface area contributed by atoms with Gasteiger partial charge in [-0.1, -0.05) is 6.07 Å². The highest BCUT2D eigenvalue weighted by atomic mass is 32.1. The summed E-state index contributed by atoms with van der Waals surface area (Å²) in [7, 11) is 0. The number of carbonyl (C=O) groups is 2. The lowest BCUT2D eigenvalue weighted by atomic mass is 10.0. The summed E-state index contributed by atoms with van der Waals surface area (Å²) in [5.41, 5.74) is 1.06. The van der Waals surface area contributed by atoms with Crippen LogP contribution in [0.25, 0.3) is 0 Å². The first-order valence-corrected chi connectivity index (χ1v) is 12.0. The van der Waals surface area contributed by atoms with Crippen molar-refractivity contribution >= 4 is 23.2 Å². The van der Waals surface area contributed by atoms with E-state index in [0.29, 0.717) is 18.1 Å². The summed E-state index contributed by atoms with van der Waals surface area (Å²) in [6.07, 6.45) is 4.07. The number of hydrogen-bond acceptors (Lipinski definition) is 5. The van der Waals surface area contributed by atoms with Crippen molar-refractivity contribution in [1.29, 1.82) is 0 Å². The molecule has 33 heavy (non-hydrogen) atoms. The maximum Gasteiger partial charge on any atom is 0.242 e. The van der Waals surface area contributed by atoms with Crippen molar-refractivity contribution in [2.24, 2.45) is 5.92 Å². The Kier molecular flexibility index (Phi) is 6.17. The van der Waals surface area contributed by atoms with E-state index in [1.54, 1.807) is 45.6 Å². The van der Waals surface area contributed by atoms with Gasteiger partial charge in [0.2, 0.25) is 11.8 Å². The molecule has 0 bridgehead atoms. The Morgan fingerprint density at radius 2 is 2.09 bits per heavy atom. The normalized spacial score (nSPS) is 17.5. The Morgan fingerprint density at radius 1 is 1.21 bits per heavy atom. The zero-order valence-electron chi connectivity index (χ0n) is 18.1. The molecule has 1 aliphatic heterocycles. The molecule has 172 valence electrons. The summed E-state index contributed by atoms with van der Waals surface area (Å²) >= 11 is 1.67. The molecule has 1 fully saturated rings. The number of hydrogen-bond donors (Lipinski definition) is 0. The number of amides is 2. The molecule has 5 rings (SSSR count). The van der Waals surface area contributed by atoms with Gasteiger partial charge < -0.3 is 19.0 Å². The number of thiophene rings is 1. The number of carbonyl (C=O) groups excluding carboxylic acids is 2. The van der Waals surface area contributed by atoms with Crippen LogP contribution in [0.5, 0.6) is 5.75 Å². The minimum Gasteiger partial charge on any atom is -0.491 e. The number of furan rings is 1. The van der Waals surface area contributed by atoms with Crippen molar-refractivity contribution in [2.75, 3.05) is 19.7 Å². The first-order valence-electron chi connectivity index (χ1n) is 11.1. The van der Waals surface area contributed by atoms with Crippen molar-refractivity contribution in [3.8, 4) is 5.75 Å². The van der Waals surface area contributed by atoms with Crippen LogP contribution in [0, 0.1) is 11.7 Å². The highest BCUT2D eigenvalue weighted by Gasteiger charge is 2.37. The highest BCUT2D eigenvalue weighted by Crippen LogP contribution is 2.35. The van der Waals surface area contributed by atoms with Crippen molar-refractivity contribution in [3.63, 3.8) is 0 Å². The molecule has 0 radical (unpaired) electrons. The molecular formula is C25H25FN2O4S. The highest BCUT2D eigenvalue weighted by molar-refractivity contribution is 7.10. The number of nitrogens with zero attached hydrogens (tertiary/aromatic N) is 2. The topological polar surface area (TPSA) is 63.0 Å². The van der Waals surface area contributed by atoms with Crippen LogP contribution in [0.2, 0.25) is 0 Å². The van der Waals surface area contributed by atoms with Gasteiger partial charge in [-0.15, -0.1) is 11.3 Å². The summed E-state index contributed by atoms with van der Waals surface area (Å²) in [4.78, 5) is 31.0. The molecule has 1 aliphatic carbocycles. The molecule has 2 aliphatic rings. The fourth-order valence-electron chi connectivity index (χ4n) is 4.25. The quantitative estimate of drug-likeness (QED) is 0.491. The van der Waals surface area contributed by atoms with E-state index >= 15 is 0 Å². The second kappa shape index (κ2) is 9.39. The maximum atomic E-state index is 13.6. The van der Waals surface area contributed by atoms with Gasteiger partial charge in [-0.25, -0.2) is 4.39 Å². The molecule has 3 aromatic rings. The van der Waals surface area contributed by atoms with E-state index in [1.165, 1.54) is 17.0 Å². The molecule has 1 saturated carbocycles. The first-order chi connectivity index (χ1) is 16.1. The van der Waals surface area contributed by atoms with Gasteiger partial charge in [0.1, 0.15) is 30.5 Å². The van der Waals surface area contributed by atoms with Crippen LogP contribution < -0.4 is 4.74 Å². The predicted octanol–water partition coefficient (Wildman–Crippen LogP) is 4.42. The van der Waals surface area contributed by atoms with Crippen molar-refractivity contribution in [1.82, 2.24) is 9.80 Å². The SMILES string of the molecule is O=C(C1CC1)N(CC(=O)N1CCc2sccc2[C@@H]1COc1cccc(F)c1)Cc1ccco1. The zero-order chi connectivity index (χ0) is 22.8. The van der Waals surface area contributed by atoms with Gasteiger partial charge in [0.05, 0.1) is 18.8 Å². The van der Waals surface area contributed by atoms with Crippen LogP contribution in [0.15, 0.2) is 58.5 Å². The van der Waals surface area contributed by atoms with E-state index in [4.69, 9.17) is 9.15 Å². The van der Waals surface area contributed by atoms with Crippen LogP contribution in [0.3, 0.4) is 0 Å². The van der Waals surface area contributed by atoms with Crippen molar-refractivity contribution in [2.45, 2.75) is 31.8 Å². The van der Waals surface area contributed by atoms with Crippen molar-refractivity contribution < 1.29 is 23.1 Å². The smallest absolute Gasteiger partial charge is 0.242 e. The summed E-state index contributed by atoms with van der Waals surface area (Å²) < 4.78 is 24.9. The minimum atomic E-state index is -0.368. The molecule has 6 nitrogen and oxygen atoms in total. The Bertz CT molecular complexity index is 1130. The number of rotatable bonds is 8. The number of fused-ring (bicyclic) bond motifs is 1. The Morgan fingerprint density at radius 3 is 2.85 bits per heavy atom. The Hall–Kier alpha value is -3.13. The number of ether oxygens (including phenoxy) is 1. The molecule has 1 aromatic carbocycles. The van der Waals surface area contributed by atoms with E-state index in [2.05, 4.69) is 0 Å². The first kappa shape index (κ1) is 21.7. The van der Waals surface area contributed by atoms with E-state index in [0.717, 1.165) is 24.8 Å². The summed E-state index contributed by atoms with van der Waals surface area (Å²) in [5.74, 6) is 0.590. The Balaban J connectivity index is 1.33. The lowest BCUT2D eigenvalue weighted by Crippen LogP contribution is -2.47. The van der Waals surface area contributed by atoms with Gasteiger partial charge in [0, 0.05) is 23.4 Å². The van der Waals surface area contributed by atoms with Crippen LogP contribution in [-0.4, -0.2) is 41.3 Å². The molecule has 3 heterocycles. The van der Waals surface area contributed by atoms with Gasteiger partial charge in [-0.05, 0) is 60.5 Å². The monoisotopic (exact) mass is 468 g/mol. The minimum absolute atomic E-state index is 0.000502. The molecule has 2 amide bonds. The molecule has 0 N–H and O–H groups in total. The fourth-order valence-corrected chi connectivity index (χ4v) is 5.18. The van der Waals surface area contributed by atoms with Crippen LogP contribution >= 0.6 is 11.3 Å². The second-order valence-corrected chi connectivity index (χ2v) is 9.47. The third kappa shape index (κ3) is 4.95. The summed E-state index contributed by atoms with van der Waals surface area (Å²) in [6.45, 7) is 1.03. The molecule has 1 atom stereocenters. The predicted molar refractivity (Wildman–Crippen MR) is 121 cm³/mol. The molecule has 8 heteroatoms. The molecule has 0 spiro atoms. The van der Waals surface area contributed by atoms with Gasteiger partial charge in [0.15, 0.2) is 0 Å². The van der Waals surface area contributed by atoms with E-state index in [9.17, 15) is 14.0 Å². The second-order valence-electron chi connectivity index (χ2n) is 8.47. The Labute approximate surface area is 195 Å². The number of benzene rings is 1. The average Bonchev–Trinajstić information content (AvgIpc) is 3.32. The molecular weight excluding hydrogens is 443 g/mol. The lowest BCUT2D eigenvalue weighted by molar-refractivity contribution is -0.144. The summed E-state index contributed by atoms with van der Waals surface area (Å²) in [6, 6.07) is 11.3. The zero-order valence-corrected chi connectivity index (χ0v) is 18.9. The largest absolute Gasteiger partial charge is 0.491 e. The van der Waals surface area contributed by atoms with Gasteiger partial charge in [-0.2, -0.15) is 0 Å². The van der Waals surface area contributed by atoms with Gasteiger partial charge in [0.25, 0.3) is 0 Å². The summed E-state index contributed by atoms with van der Waals surface area (Å²) in [5, 5.41) is 2.02. The van der Waals surface area contributed by atoms with E-state index < -0.39 is 0 Å². The average molecular weight is 469 g/mol.